The fourth-order valence-electron chi connectivity index (χ4n) is 4.84. The second-order valence-electron chi connectivity index (χ2n) is 11.8. The van der Waals surface area contributed by atoms with Gasteiger partial charge in [0.25, 0.3) is 0 Å². The molecule has 3 aromatic carbocycles. The summed E-state index contributed by atoms with van der Waals surface area (Å²) in [5, 5.41) is 2.93. The molecule has 7 aromatic rings. The maximum atomic E-state index is 8.53. The Labute approximate surface area is 297 Å². The van der Waals surface area contributed by atoms with Gasteiger partial charge in [0.05, 0.1) is 15.3 Å². The van der Waals surface area contributed by atoms with Crippen molar-refractivity contribution in [2.45, 2.75) is 66.5 Å². The van der Waals surface area contributed by atoms with E-state index in [2.05, 4.69) is 55.0 Å². The van der Waals surface area contributed by atoms with Gasteiger partial charge in [0, 0.05) is 57.0 Å². The Balaban J connectivity index is 0.000000237. The van der Waals surface area contributed by atoms with Gasteiger partial charge < -0.3 is 14.4 Å². The standard InChI is InChI=1S/C26H25N2OS.C13H12N.Ir/c1-14(2)19-12-20(27-13-15(19)3)18-9-7-8-16-17-10-11-21-22(24(17)29-23(16)18)28-25(30-21)26(4,5)6;1-10-3-6-12(7-4-10)13-8-5-11(2)9-14-13;/h7-8,10-14H,1-6H3;3-6,8-9H,1-2H3;/q2*-1;/i3D3,14D;1D3,2D3;. The number of fused-ring (bicyclic) bond motifs is 5. The first-order valence-electron chi connectivity index (χ1n) is 19.1. The van der Waals surface area contributed by atoms with Crippen LogP contribution in [-0.4, -0.2) is 15.0 Å². The van der Waals surface area contributed by atoms with Crippen molar-refractivity contribution in [1.29, 1.82) is 0 Å². The molecule has 45 heavy (non-hydrogen) atoms. The number of thiazole rings is 1. The minimum atomic E-state index is -2.35. The fourth-order valence-corrected chi connectivity index (χ4v) is 5.87. The van der Waals surface area contributed by atoms with Crippen LogP contribution in [-0.2, 0) is 25.5 Å². The van der Waals surface area contributed by atoms with Gasteiger partial charge in [0.15, 0.2) is 0 Å². The molecule has 0 fully saturated rings. The zero-order valence-corrected chi connectivity index (χ0v) is 28.6. The Bertz CT molecular complexity index is 2420. The number of furan rings is 1. The molecule has 0 saturated carbocycles. The summed E-state index contributed by atoms with van der Waals surface area (Å²) in [6.07, 6.45) is 2.66. The van der Waals surface area contributed by atoms with Crippen molar-refractivity contribution in [3.8, 4) is 22.5 Å². The van der Waals surface area contributed by atoms with Crippen molar-refractivity contribution in [3.63, 3.8) is 0 Å². The van der Waals surface area contributed by atoms with Crippen molar-refractivity contribution in [2.24, 2.45) is 0 Å². The number of rotatable bonds is 3. The van der Waals surface area contributed by atoms with Crippen LogP contribution in [0.5, 0.6) is 0 Å². The molecule has 4 aromatic heterocycles. The average Bonchev–Trinajstić information content (AvgIpc) is 3.69. The molecule has 0 aliphatic carbocycles. The van der Waals surface area contributed by atoms with Crippen LogP contribution in [0.1, 0.15) is 81.5 Å². The molecule has 0 saturated heterocycles. The summed E-state index contributed by atoms with van der Waals surface area (Å²) in [6.45, 7) is 3.11. The zero-order chi connectivity index (χ0) is 39.6. The number of hydrogen-bond donors (Lipinski definition) is 0. The normalized spacial score (nSPS) is 15.9. The van der Waals surface area contributed by atoms with E-state index in [4.69, 9.17) is 23.1 Å². The molecule has 0 atom stereocenters. The van der Waals surface area contributed by atoms with Gasteiger partial charge in [-0.05, 0) is 53.7 Å². The van der Waals surface area contributed by atoms with E-state index in [1.54, 1.807) is 43.4 Å². The molecule has 4 heterocycles. The second kappa shape index (κ2) is 13.0. The number of aromatic nitrogens is 3. The molecule has 0 N–H and O–H groups in total. The Morgan fingerprint density at radius 3 is 2.31 bits per heavy atom. The third-order valence-electron chi connectivity index (χ3n) is 7.15. The van der Waals surface area contributed by atoms with Crippen LogP contribution >= 0.6 is 11.3 Å². The Morgan fingerprint density at radius 1 is 0.867 bits per heavy atom. The van der Waals surface area contributed by atoms with E-state index >= 15 is 0 Å². The summed E-state index contributed by atoms with van der Waals surface area (Å²) in [5.41, 5.74) is 5.34. The molecule has 0 aliphatic heterocycles. The van der Waals surface area contributed by atoms with Gasteiger partial charge in [-0.25, -0.2) is 4.98 Å². The van der Waals surface area contributed by atoms with E-state index in [0.717, 1.165) is 31.6 Å². The molecule has 0 aliphatic rings. The van der Waals surface area contributed by atoms with E-state index in [-0.39, 0.29) is 42.2 Å². The first-order chi connectivity index (χ1) is 24.9. The topological polar surface area (TPSA) is 51.8 Å². The molecule has 6 heteroatoms. The summed E-state index contributed by atoms with van der Waals surface area (Å²) < 4.78 is 83.3. The van der Waals surface area contributed by atoms with Crippen molar-refractivity contribution in [1.82, 2.24) is 15.0 Å². The first-order valence-corrected chi connectivity index (χ1v) is 14.9. The summed E-state index contributed by atoms with van der Waals surface area (Å²) in [4.78, 5) is 13.4. The van der Waals surface area contributed by atoms with Gasteiger partial charge in [0.2, 0.25) is 0 Å². The maximum Gasteiger partial charge on any atom is 0.148 e. The van der Waals surface area contributed by atoms with Crippen LogP contribution in [0.4, 0.5) is 0 Å². The Kier molecular flexibility index (Phi) is 6.32. The summed E-state index contributed by atoms with van der Waals surface area (Å²) in [5.74, 6) is -1.11. The number of aryl methyl sites for hydroxylation is 3. The van der Waals surface area contributed by atoms with Gasteiger partial charge in [0.1, 0.15) is 11.1 Å². The van der Waals surface area contributed by atoms with Crippen LogP contribution in [0, 0.1) is 32.7 Å². The summed E-state index contributed by atoms with van der Waals surface area (Å²) in [6, 6.07) is 23.3. The molecule has 231 valence electrons. The summed E-state index contributed by atoms with van der Waals surface area (Å²) in [7, 11) is 0. The molecular weight excluding hydrogens is 751 g/mol. The van der Waals surface area contributed by atoms with E-state index in [1.165, 1.54) is 30.6 Å². The van der Waals surface area contributed by atoms with Crippen molar-refractivity contribution in [2.75, 3.05) is 0 Å². The van der Waals surface area contributed by atoms with Gasteiger partial charge in [-0.1, -0.05) is 76.7 Å². The second-order valence-corrected chi connectivity index (χ2v) is 12.8. The van der Waals surface area contributed by atoms with Gasteiger partial charge in [-0.2, -0.15) is 0 Å². The van der Waals surface area contributed by atoms with Crippen LogP contribution in [0.3, 0.4) is 0 Å². The minimum Gasteiger partial charge on any atom is -0.498 e. The minimum absolute atomic E-state index is 0. The van der Waals surface area contributed by atoms with E-state index < -0.39 is 26.4 Å². The molecular formula is C39H37IrN3OS-2. The van der Waals surface area contributed by atoms with Crippen LogP contribution in [0.25, 0.3) is 54.7 Å². The predicted molar refractivity (Wildman–Crippen MR) is 184 cm³/mol. The van der Waals surface area contributed by atoms with Gasteiger partial charge in [-0.3, -0.25) is 0 Å². The molecule has 0 amide bonds. The Hall–Kier alpha value is -3.70. The largest absolute Gasteiger partial charge is 0.498 e. The van der Waals surface area contributed by atoms with Crippen LogP contribution in [0.15, 0.2) is 77.5 Å². The molecule has 7 rings (SSSR count). The third kappa shape index (κ3) is 6.65. The van der Waals surface area contributed by atoms with Crippen LogP contribution in [0.2, 0.25) is 0 Å². The van der Waals surface area contributed by atoms with Crippen molar-refractivity contribution >= 4 is 43.5 Å². The smallest absolute Gasteiger partial charge is 0.148 e. The maximum absolute atomic E-state index is 8.53. The third-order valence-corrected chi connectivity index (χ3v) is 8.60. The van der Waals surface area contributed by atoms with E-state index in [9.17, 15) is 0 Å². The molecule has 1 radical (unpaired) electrons. The number of pyridine rings is 2. The van der Waals surface area contributed by atoms with Crippen molar-refractivity contribution < 1.29 is 38.2 Å². The SMILES string of the molecule is [2H]C([2H])([2H])c1c[c-]c(-c2ccc(C([2H])([2H])[2H])cn2)cc1.[2H]C([2H])([2H])c1cnc(-c2[c-]ccc3c2oc2c3ccc3sc(C(C)(C)C)nc32)cc1C([2H])(C)C.[Ir]. The van der Waals surface area contributed by atoms with Crippen molar-refractivity contribution in [3.05, 3.63) is 112 Å². The number of benzene rings is 3. The quantitative estimate of drug-likeness (QED) is 0.167. The molecule has 4 nitrogen and oxygen atoms in total. The first kappa shape index (κ1) is 21.9. The van der Waals surface area contributed by atoms with Gasteiger partial charge in [-0.15, -0.1) is 64.9 Å². The monoisotopic (exact) mass is 798 g/mol. The zero-order valence-electron chi connectivity index (χ0n) is 35.4. The predicted octanol–water partition coefficient (Wildman–Crippen LogP) is 11.0. The Morgan fingerprint density at radius 2 is 1.64 bits per heavy atom. The molecule has 0 spiro atoms. The van der Waals surface area contributed by atoms with E-state index in [0.29, 0.717) is 33.7 Å². The van der Waals surface area contributed by atoms with Gasteiger partial charge >= 0.3 is 0 Å². The molecule has 0 bridgehead atoms. The van der Waals surface area contributed by atoms with E-state index in [1.807, 2.05) is 12.1 Å². The fraction of sp³-hybridized carbons (Fsp3) is 0.256. The number of hydrogen-bond acceptors (Lipinski definition) is 5. The summed E-state index contributed by atoms with van der Waals surface area (Å²) >= 11 is 1.67. The number of nitrogens with zero attached hydrogens (tertiary/aromatic N) is 3. The molecule has 0 unspecified atom stereocenters. The van der Waals surface area contributed by atoms with Crippen LogP contribution < -0.4 is 0 Å². The average molecular weight is 798 g/mol.